The summed E-state index contributed by atoms with van der Waals surface area (Å²) in [5.41, 5.74) is 6.93. The van der Waals surface area contributed by atoms with E-state index in [4.69, 9.17) is 22.1 Å². The van der Waals surface area contributed by atoms with Crippen LogP contribution in [0, 0.1) is 0 Å². The van der Waals surface area contributed by atoms with E-state index in [0.29, 0.717) is 5.25 Å². The van der Waals surface area contributed by atoms with Crippen LogP contribution >= 0.6 is 23.4 Å². The number of thioether (sulfide) groups is 1. The first-order valence-electron chi connectivity index (χ1n) is 6.27. The number of ether oxygens (including phenoxy) is 1. The van der Waals surface area contributed by atoms with Crippen LogP contribution < -0.4 is 10.5 Å². The Morgan fingerprint density at radius 3 is 2.67 bits per heavy atom. The first-order valence-corrected chi connectivity index (χ1v) is 7.70. The van der Waals surface area contributed by atoms with E-state index < -0.39 is 0 Å². The Morgan fingerprint density at radius 1 is 1.33 bits per heavy atom. The molecule has 0 saturated heterocycles. The van der Waals surface area contributed by atoms with Crippen molar-refractivity contribution < 1.29 is 4.74 Å². The van der Waals surface area contributed by atoms with Crippen LogP contribution in [-0.2, 0) is 6.42 Å². The van der Waals surface area contributed by atoms with E-state index >= 15 is 0 Å². The molecule has 2 nitrogen and oxygen atoms in total. The fourth-order valence-electron chi connectivity index (χ4n) is 1.63. The Balaban J connectivity index is 2.57. The fraction of sp³-hybridized carbons (Fsp3) is 0.571. The van der Waals surface area contributed by atoms with Gasteiger partial charge in [-0.05, 0) is 42.4 Å². The van der Waals surface area contributed by atoms with E-state index in [2.05, 4.69) is 13.8 Å². The number of hydrogen-bond acceptors (Lipinski definition) is 3. The van der Waals surface area contributed by atoms with E-state index in [1.54, 1.807) is 0 Å². The molecule has 1 atom stereocenters. The Morgan fingerprint density at radius 2 is 2.06 bits per heavy atom. The predicted octanol–water partition coefficient (Wildman–Crippen LogP) is 3.75. The van der Waals surface area contributed by atoms with Gasteiger partial charge in [0.1, 0.15) is 5.75 Å². The van der Waals surface area contributed by atoms with Crippen LogP contribution in [0.15, 0.2) is 18.2 Å². The van der Waals surface area contributed by atoms with Gasteiger partial charge >= 0.3 is 0 Å². The number of benzene rings is 1. The zero-order valence-corrected chi connectivity index (χ0v) is 12.9. The number of rotatable bonds is 7. The summed E-state index contributed by atoms with van der Waals surface area (Å²) in [6, 6.07) is 5.84. The maximum Gasteiger partial charge on any atom is 0.122 e. The van der Waals surface area contributed by atoms with Gasteiger partial charge in [0.25, 0.3) is 0 Å². The maximum atomic E-state index is 6.00. The third-order valence-corrected chi connectivity index (χ3v) is 3.66. The highest BCUT2D eigenvalue weighted by Gasteiger charge is 2.07. The molecule has 1 unspecified atom stereocenters. The molecular weight excluding hydrogens is 266 g/mol. The first-order chi connectivity index (χ1) is 8.49. The zero-order valence-electron chi connectivity index (χ0n) is 11.3. The van der Waals surface area contributed by atoms with Crippen molar-refractivity contribution >= 4 is 23.4 Å². The van der Waals surface area contributed by atoms with E-state index in [0.717, 1.165) is 35.1 Å². The van der Waals surface area contributed by atoms with Crippen molar-refractivity contribution in [2.45, 2.75) is 38.5 Å². The molecule has 1 rings (SSSR count). The summed E-state index contributed by atoms with van der Waals surface area (Å²) < 4.78 is 5.81. The smallest absolute Gasteiger partial charge is 0.122 e. The van der Waals surface area contributed by atoms with Gasteiger partial charge in [-0.15, -0.1) is 0 Å². The molecule has 0 saturated carbocycles. The molecule has 0 aliphatic heterocycles. The molecule has 0 aromatic heterocycles. The summed E-state index contributed by atoms with van der Waals surface area (Å²) in [5.74, 6) is 1.90. The minimum Gasteiger partial charge on any atom is -0.492 e. The second-order valence-corrected chi connectivity index (χ2v) is 6.82. The summed E-state index contributed by atoms with van der Waals surface area (Å²) in [7, 11) is 0. The van der Waals surface area contributed by atoms with Crippen LogP contribution in [0.25, 0.3) is 0 Å². The molecule has 0 radical (unpaired) electrons. The lowest BCUT2D eigenvalue weighted by atomic mass is 10.1. The number of hydrogen-bond donors (Lipinski definition) is 1. The molecule has 0 amide bonds. The summed E-state index contributed by atoms with van der Waals surface area (Å²) >= 11 is 7.90. The number of halogens is 1. The third-order valence-electron chi connectivity index (χ3n) is 2.36. The first kappa shape index (κ1) is 15.7. The van der Waals surface area contributed by atoms with Crippen LogP contribution in [0.2, 0.25) is 5.02 Å². The van der Waals surface area contributed by atoms with E-state index in [-0.39, 0.29) is 6.04 Å². The van der Waals surface area contributed by atoms with Crippen molar-refractivity contribution in [1.82, 2.24) is 0 Å². The highest BCUT2D eigenvalue weighted by Crippen LogP contribution is 2.24. The average molecular weight is 288 g/mol. The minimum absolute atomic E-state index is 0.107. The molecule has 102 valence electrons. The van der Waals surface area contributed by atoms with E-state index in [9.17, 15) is 0 Å². The molecule has 0 aliphatic rings. The fourth-order valence-corrected chi connectivity index (χ4v) is 2.48. The Kier molecular flexibility index (Phi) is 6.90. The minimum atomic E-state index is 0.107. The zero-order chi connectivity index (χ0) is 13.5. The van der Waals surface area contributed by atoms with Crippen molar-refractivity contribution in [3.05, 3.63) is 28.8 Å². The normalized spacial score (nSPS) is 12.8. The van der Waals surface area contributed by atoms with E-state index in [1.807, 2.05) is 36.9 Å². The second kappa shape index (κ2) is 7.93. The molecule has 18 heavy (non-hydrogen) atoms. The molecular formula is C14H22ClNOS. The van der Waals surface area contributed by atoms with Crippen molar-refractivity contribution in [2.24, 2.45) is 5.73 Å². The lowest BCUT2D eigenvalue weighted by Crippen LogP contribution is -2.18. The quantitative estimate of drug-likeness (QED) is 0.776. The molecule has 0 heterocycles. The van der Waals surface area contributed by atoms with Crippen molar-refractivity contribution in [2.75, 3.05) is 12.4 Å². The molecule has 1 aromatic rings. The Hall–Kier alpha value is -0.380. The van der Waals surface area contributed by atoms with Gasteiger partial charge in [-0.2, -0.15) is 11.8 Å². The van der Waals surface area contributed by atoms with Gasteiger partial charge in [-0.25, -0.2) is 0 Å². The van der Waals surface area contributed by atoms with Gasteiger partial charge in [0, 0.05) is 16.8 Å². The molecule has 1 aromatic carbocycles. The van der Waals surface area contributed by atoms with Crippen molar-refractivity contribution in [3.8, 4) is 5.75 Å². The van der Waals surface area contributed by atoms with Crippen LogP contribution in [0.3, 0.4) is 0 Å². The van der Waals surface area contributed by atoms with Crippen molar-refractivity contribution in [1.29, 1.82) is 0 Å². The SMILES string of the molecule is CC(N)Cc1cc(Cl)ccc1OCCSC(C)C. The lowest BCUT2D eigenvalue weighted by molar-refractivity contribution is 0.339. The Bertz CT molecular complexity index is 369. The van der Waals surface area contributed by atoms with Gasteiger partial charge in [0.15, 0.2) is 0 Å². The Labute approximate surface area is 119 Å². The predicted molar refractivity (Wildman–Crippen MR) is 81.9 cm³/mol. The van der Waals surface area contributed by atoms with E-state index in [1.165, 1.54) is 0 Å². The van der Waals surface area contributed by atoms with Crippen LogP contribution in [0.1, 0.15) is 26.3 Å². The topological polar surface area (TPSA) is 35.2 Å². The van der Waals surface area contributed by atoms with Gasteiger partial charge in [-0.1, -0.05) is 25.4 Å². The van der Waals surface area contributed by atoms with Crippen LogP contribution in [-0.4, -0.2) is 23.7 Å². The lowest BCUT2D eigenvalue weighted by Gasteiger charge is -2.14. The van der Waals surface area contributed by atoms with Gasteiger partial charge in [0.05, 0.1) is 6.61 Å². The number of nitrogens with two attached hydrogens (primary N) is 1. The molecule has 2 N–H and O–H groups in total. The van der Waals surface area contributed by atoms with Gasteiger partial charge in [0.2, 0.25) is 0 Å². The third kappa shape index (κ3) is 5.98. The average Bonchev–Trinajstić information content (AvgIpc) is 2.25. The van der Waals surface area contributed by atoms with Crippen molar-refractivity contribution in [3.63, 3.8) is 0 Å². The largest absolute Gasteiger partial charge is 0.492 e. The molecule has 0 fully saturated rings. The van der Waals surface area contributed by atoms with Crippen LogP contribution in [0.5, 0.6) is 5.75 Å². The second-order valence-electron chi connectivity index (χ2n) is 4.70. The molecule has 0 bridgehead atoms. The molecule has 4 heteroatoms. The van der Waals surface area contributed by atoms with Gasteiger partial charge < -0.3 is 10.5 Å². The van der Waals surface area contributed by atoms with Crippen LogP contribution in [0.4, 0.5) is 0 Å². The summed E-state index contributed by atoms with van der Waals surface area (Å²) in [6.07, 6.45) is 0.785. The molecule has 0 aliphatic carbocycles. The standard InChI is InChI=1S/C14H22ClNOS/c1-10(2)18-7-6-17-14-5-4-13(15)9-12(14)8-11(3)16/h4-5,9-11H,6-8,16H2,1-3H3. The summed E-state index contributed by atoms with van der Waals surface area (Å²) in [4.78, 5) is 0. The monoisotopic (exact) mass is 287 g/mol. The highest BCUT2D eigenvalue weighted by molar-refractivity contribution is 7.99. The summed E-state index contributed by atoms with van der Waals surface area (Å²) in [5, 5.41) is 1.37. The molecule has 0 spiro atoms. The van der Waals surface area contributed by atoms with Gasteiger partial charge in [-0.3, -0.25) is 0 Å². The maximum absolute atomic E-state index is 6.00. The highest BCUT2D eigenvalue weighted by atomic mass is 35.5. The summed E-state index contributed by atoms with van der Waals surface area (Å²) in [6.45, 7) is 7.08.